The van der Waals surface area contributed by atoms with Crippen molar-refractivity contribution in [3.63, 3.8) is 0 Å². The lowest BCUT2D eigenvalue weighted by Gasteiger charge is -2.15. The summed E-state index contributed by atoms with van der Waals surface area (Å²) in [5, 5.41) is 2.15. The standard InChI is InChI=1S/C12H17NS/c1-2-4-7-11(6-3-1)12-10-13-8-5-9-14-12/h5,8-11H,1-4,6-7H2. The lowest BCUT2D eigenvalue weighted by atomic mass is 10.0. The fourth-order valence-electron chi connectivity index (χ4n) is 2.12. The average molecular weight is 207 g/mol. The van der Waals surface area contributed by atoms with Gasteiger partial charge in [-0.05, 0) is 30.2 Å². The molecule has 76 valence electrons. The van der Waals surface area contributed by atoms with Gasteiger partial charge >= 0.3 is 0 Å². The minimum atomic E-state index is 0.780. The van der Waals surface area contributed by atoms with Gasteiger partial charge in [-0.1, -0.05) is 25.7 Å². The van der Waals surface area contributed by atoms with Gasteiger partial charge in [-0.2, -0.15) is 0 Å². The summed E-state index contributed by atoms with van der Waals surface area (Å²) in [6, 6.07) is 0. The van der Waals surface area contributed by atoms with Crippen LogP contribution in [0.4, 0.5) is 0 Å². The molecule has 0 unspecified atom stereocenters. The Kier molecular flexibility index (Phi) is 3.87. The number of nitrogens with zero attached hydrogens (tertiary/aromatic N) is 1. The molecule has 2 aliphatic rings. The highest BCUT2D eigenvalue weighted by Crippen LogP contribution is 2.35. The summed E-state index contributed by atoms with van der Waals surface area (Å²) in [6.07, 6.45) is 14.3. The van der Waals surface area contributed by atoms with E-state index in [9.17, 15) is 0 Å². The topological polar surface area (TPSA) is 12.4 Å². The van der Waals surface area contributed by atoms with Crippen LogP contribution in [0, 0.1) is 5.92 Å². The number of thioether (sulfide) groups is 1. The third-order valence-electron chi connectivity index (χ3n) is 2.91. The first-order chi connectivity index (χ1) is 6.97. The smallest absolute Gasteiger partial charge is 0.0369 e. The van der Waals surface area contributed by atoms with E-state index in [1.165, 1.54) is 43.4 Å². The minimum Gasteiger partial charge on any atom is -0.264 e. The molecule has 1 aliphatic heterocycles. The summed E-state index contributed by atoms with van der Waals surface area (Å²) in [5.74, 6) is 0.780. The molecule has 0 aromatic carbocycles. The van der Waals surface area contributed by atoms with Gasteiger partial charge in [-0.15, -0.1) is 11.8 Å². The molecule has 1 saturated carbocycles. The molecule has 0 aromatic heterocycles. The first kappa shape index (κ1) is 10.0. The molecule has 0 spiro atoms. The van der Waals surface area contributed by atoms with Crippen molar-refractivity contribution in [3.05, 3.63) is 22.6 Å². The SMILES string of the molecule is C1=CSC(C2CCCCCC2)=CN=C1. The molecule has 0 radical (unpaired) electrons. The maximum Gasteiger partial charge on any atom is 0.0369 e. The van der Waals surface area contributed by atoms with Crippen molar-refractivity contribution in [2.75, 3.05) is 0 Å². The fraction of sp³-hybridized carbons (Fsp3) is 0.583. The van der Waals surface area contributed by atoms with Crippen molar-refractivity contribution in [1.29, 1.82) is 0 Å². The van der Waals surface area contributed by atoms with E-state index < -0.39 is 0 Å². The summed E-state index contributed by atoms with van der Waals surface area (Å²) >= 11 is 1.86. The molecule has 1 nitrogen and oxygen atoms in total. The maximum atomic E-state index is 4.26. The Morgan fingerprint density at radius 1 is 1.14 bits per heavy atom. The van der Waals surface area contributed by atoms with Gasteiger partial charge in [0.2, 0.25) is 0 Å². The highest BCUT2D eigenvalue weighted by molar-refractivity contribution is 8.05. The van der Waals surface area contributed by atoms with E-state index in [2.05, 4.69) is 16.6 Å². The van der Waals surface area contributed by atoms with Crippen molar-refractivity contribution in [1.82, 2.24) is 0 Å². The predicted octanol–water partition coefficient (Wildman–Crippen LogP) is 4.13. The van der Waals surface area contributed by atoms with Crippen LogP contribution in [0.2, 0.25) is 0 Å². The van der Waals surface area contributed by atoms with E-state index >= 15 is 0 Å². The fourth-order valence-corrected chi connectivity index (χ4v) is 2.97. The Hall–Kier alpha value is -0.500. The lowest BCUT2D eigenvalue weighted by Crippen LogP contribution is -1.99. The number of allylic oxidation sites excluding steroid dienone is 2. The van der Waals surface area contributed by atoms with Gasteiger partial charge in [0.05, 0.1) is 0 Å². The van der Waals surface area contributed by atoms with Crippen LogP contribution in [0.15, 0.2) is 27.6 Å². The number of hydrogen-bond donors (Lipinski definition) is 0. The normalized spacial score (nSPS) is 24.1. The van der Waals surface area contributed by atoms with Crippen LogP contribution in [0.1, 0.15) is 38.5 Å². The van der Waals surface area contributed by atoms with E-state index in [1.54, 1.807) is 0 Å². The second-order valence-corrected chi connectivity index (χ2v) is 4.94. The zero-order valence-corrected chi connectivity index (χ0v) is 9.30. The molecular formula is C12H17NS. The van der Waals surface area contributed by atoms with Gasteiger partial charge in [0.1, 0.15) is 0 Å². The number of hydrogen-bond acceptors (Lipinski definition) is 2. The van der Waals surface area contributed by atoms with Crippen molar-refractivity contribution in [2.24, 2.45) is 10.9 Å². The molecule has 0 N–H and O–H groups in total. The van der Waals surface area contributed by atoms with Crippen molar-refractivity contribution < 1.29 is 0 Å². The minimum absolute atomic E-state index is 0.780. The van der Waals surface area contributed by atoms with Crippen molar-refractivity contribution in [3.8, 4) is 0 Å². The zero-order chi connectivity index (χ0) is 9.64. The van der Waals surface area contributed by atoms with Crippen LogP contribution in [0.5, 0.6) is 0 Å². The molecule has 0 atom stereocenters. The average Bonchev–Trinajstić information content (AvgIpc) is 2.62. The second kappa shape index (κ2) is 5.40. The monoisotopic (exact) mass is 207 g/mol. The third kappa shape index (κ3) is 2.74. The number of aliphatic imine (C=N–C) groups is 1. The highest BCUT2D eigenvalue weighted by Gasteiger charge is 2.16. The molecule has 1 heterocycles. The third-order valence-corrected chi connectivity index (χ3v) is 3.92. The summed E-state index contributed by atoms with van der Waals surface area (Å²) in [7, 11) is 0. The van der Waals surface area contributed by atoms with Crippen LogP contribution in [-0.4, -0.2) is 6.21 Å². The van der Waals surface area contributed by atoms with Gasteiger partial charge < -0.3 is 0 Å². The Morgan fingerprint density at radius 3 is 2.71 bits per heavy atom. The van der Waals surface area contributed by atoms with Crippen LogP contribution >= 0.6 is 11.8 Å². The van der Waals surface area contributed by atoms with Gasteiger partial charge in [-0.3, -0.25) is 4.99 Å². The Morgan fingerprint density at radius 2 is 1.93 bits per heavy atom. The van der Waals surface area contributed by atoms with Crippen molar-refractivity contribution >= 4 is 18.0 Å². The molecule has 0 amide bonds. The molecule has 0 bridgehead atoms. The highest BCUT2D eigenvalue weighted by atomic mass is 32.2. The molecule has 2 heteroatoms. The molecule has 1 fully saturated rings. The van der Waals surface area contributed by atoms with E-state index in [1.807, 2.05) is 24.1 Å². The Bertz CT molecular complexity index is 257. The quantitative estimate of drug-likeness (QED) is 0.589. The first-order valence-corrected chi connectivity index (χ1v) is 6.40. The van der Waals surface area contributed by atoms with E-state index in [0.29, 0.717) is 0 Å². The molecular weight excluding hydrogens is 190 g/mol. The Labute approximate surface area is 90.4 Å². The first-order valence-electron chi connectivity index (χ1n) is 5.52. The summed E-state index contributed by atoms with van der Waals surface area (Å²) in [6.45, 7) is 0. The van der Waals surface area contributed by atoms with Gasteiger partial charge in [-0.25, -0.2) is 0 Å². The Balaban J connectivity index is 2.01. The molecule has 14 heavy (non-hydrogen) atoms. The molecule has 0 aromatic rings. The maximum absolute atomic E-state index is 4.26. The predicted molar refractivity (Wildman–Crippen MR) is 64.5 cm³/mol. The molecule has 1 aliphatic carbocycles. The van der Waals surface area contributed by atoms with E-state index in [0.717, 1.165) is 5.92 Å². The lowest BCUT2D eigenvalue weighted by molar-refractivity contribution is 0.551. The van der Waals surface area contributed by atoms with Crippen molar-refractivity contribution in [2.45, 2.75) is 38.5 Å². The second-order valence-electron chi connectivity index (χ2n) is 3.96. The largest absolute Gasteiger partial charge is 0.264 e. The summed E-state index contributed by atoms with van der Waals surface area (Å²) in [5.41, 5.74) is 0. The van der Waals surface area contributed by atoms with E-state index in [4.69, 9.17) is 0 Å². The zero-order valence-electron chi connectivity index (χ0n) is 8.48. The van der Waals surface area contributed by atoms with Crippen LogP contribution < -0.4 is 0 Å². The van der Waals surface area contributed by atoms with Crippen LogP contribution in [0.3, 0.4) is 0 Å². The van der Waals surface area contributed by atoms with Crippen LogP contribution in [0.25, 0.3) is 0 Å². The van der Waals surface area contributed by atoms with E-state index in [-0.39, 0.29) is 0 Å². The van der Waals surface area contributed by atoms with Gasteiger partial charge in [0.15, 0.2) is 0 Å². The molecule has 2 rings (SSSR count). The van der Waals surface area contributed by atoms with Gasteiger partial charge in [0.25, 0.3) is 0 Å². The van der Waals surface area contributed by atoms with Gasteiger partial charge in [0, 0.05) is 17.3 Å². The van der Waals surface area contributed by atoms with Crippen LogP contribution in [-0.2, 0) is 0 Å². The molecule has 0 saturated heterocycles. The summed E-state index contributed by atoms with van der Waals surface area (Å²) in [4.78, 5) is 5.73. The summed E-state index contributed by atoms with van der Waals surface area (Å²) < 4.78 is 0. The number of rotatable bonds is 1.